The molecule has 2 heterocycles. The minimum atomic E-state index is -1.69. The number of nitrogens with zero attached hydrogens (tertiary/aromatic N) is 1. The van der Waals surface area contributed by atoms with E-state index in [0.717, 1.165) is 12.8 Å². The van der Waals surface area contributed by atoms with Crippen molar-refractivity contribution in [1.29, 1.82) is 0 Å². The van der Waals surface area contributed by atoms with Gasteiger partial charge in [-0.2, -0.15) is 0 Å². The average Bonchev–Trinajstić information content (AvgIpc) is 3.05. The first kappa shape index (κ1) is 25.9. The Morgan fingerprint density at radius 3 is 2.46 bits per heavy atom. The highest BCUT2D eigenvalue weighted by Crippen LogP contribution is 2.45. The van der Waals surface area contributed by atoms with Gasteiger partial charge < -0.3 is 19.8 Å². The molecule has 186 valence electrons. The molecule has 0 saturated heterocycles. The fourth-order valence-electron chi connectivity index (χ4n) is 4.48. The number of carbonyl (C=O) groups is 5. The zero-order chi connectivity index (χ0) is 25.9. The van der Waals surface area contributed by atoms with Crippen molar-refractivity contribution in [3.05, 3.63) is 58.5 Å². The molecule has 2 unspecified atom stereocenters. The van der Waals surface area contributed by atoms with Crippen LogP contribution in [0.1, 0.15) is 59.3 Å². The van der Waals surface area contributed by atoms with Crippen LogP contribution in [0.5, 0.6) is 0 Å². The monoisotopic (exact) mass is 483 g/mol. The van der Waals surface area contributed by atoms with Gasteiger partial charge in [-0.1, -0.05) is 25.8 Å². The van der Waals surface area contributed by atoms with Gasteiger partial charge in [-0.05, 0) is 50.5 Å². The number of carboxylic acid groups (broad SMARTS) is 2. The van der Waals surface area contributed by atoms with Gasteiger partial charge >= 0.3 is 17.9 Å². The summed E-state index contributed by atoms with van der Waals surface area (Å²) in [7, 11) is 0. The van der Waals surface area contributed by atoms with E-state index in [9.17, 15) is 29.1 Å². The van der Waals surface area contributed by atoms with Gasteiger partial charge in [0.25, 0.3) is 0 Å². The van der Waals surface area contributed by atoms with Crippen LogP contribution < -0.4 is 0 Å². The van der Waals surface area contributed by atoms with Crippen molar-refractivity contribution in [2.45, 2.75) is 70.9 Å². The van der Waals surface area contributed by atoms with Crippen LogP contribution >= 0.6 is 0 Å². The molecule has 3 aliphatic rings. The van der Waals surface area contributed by atoms with Crippen LogP contribution in [0.3, 0.4) is 0 Å². The molecule has 0 saturated carbocycles. The molecule has 0 fully saturated rings. The number of ketones is 2. The molecule has 0 radical (unpaired) electrons. The number of unbranched alkanes of at least 4 members (excludes halogenated alkanes) is 2. The van der Waals surface area contributed by atoms with E-state index < -0.39 is 35.3 Å². The first-order valence-electron chi connectivity index (χ1n) is 11.6. The Hall–Kier alpha value is -3.75. The summed E-state index contributed by atoms with van der Waals surface area (Å²) in [4.78, 5) is 63.5. The van der Waals surface area contributed by atoms with Crippen LogP contribution in [0.25, 0.3) is 0 Å². The predicted molar refractivity (Wildman–Crippen MR) is 125 cm³/mol. The Balaban J connectivity index is 2.10. The van der Waals surface area contributed by atoms with E-state index in [1.165, 1.54) is 18.0 Å². The van der Waals surface area contributed by atoms with Crippen molar-refractivity contribution < 1.29 is 38.9 Å². The largest absolute Gasteiger partial charge is 0.481 e. The van der Waals surface area contributed by atoms with Crippen molar-refractivity contribution in [1.82, 2.24) is 4.90 Å². The van der Waals surface area contributed by atoms with Gasteiger partial charge in [-0.15, -0.1) is 0 Å². The summed E-state index contributed by atoms with van der Waals surface area (Å²) in [5, 5.41) is 18.8. The minimum Gasteiger partial charge on any atom is -0.481 e. The SMILES string of the molecule is C/C=C/C1=CC2=CC3=C(C(=O)CCCCC)C(=O)OC3(C)C(=O)C2=CN1C(CCC(=O)O)C(=O)O. The van der Waals surface area contributed by atoms with Gasteiger partial charge in [0.2, 0.25) is 5.78 Å². The third-order valence-corrected chi connectivity index (χ3v) is 6.32. The topological polar surface area (TPSA) is 138 Å². The van der Waals surface area contributed by atoms with Crippen LogP contribution in [-0.2, 0) is 28.7 Å². The van der Waals surface area contributed by atoms with E-state index in [2.05, 4.69) is 0 Å². The third-order valence-electron chi connectivity index (χ3n) is 6.32. The summed E-state index contributed by atoms with van der Waals surface area (Å²) in [6.07, 6.45) is 9.86. The number of allylic oxidation sites excluding steroid dienone is 4. The maximum Gasteiger partial charge on any atom is 0.343 e. The Kier molecular flexibility index (Phi) is 7.57. The number of Topliss-reactive ketones (excluding diaryl/α,β-unsaturated/α-hetero) is 2. The lowest BCUT2D eigenvalue weighted by Crippen LogP contribution is -2.44. The van der Waals surface area contributed by atoms with Crippen LogP contribution in [-0.4, -0.2) is 56.2 Å². The Morgan fingerprint density at radius 2 is 1.86 bits per heavy atom. The van der Waals surface area contributed by atoms with E-state index in [1.54, 1.807) is 31.2 Å². The lowest BCUT2D eigenvalue weighted by molar-refractivity contribution is -0.153. The Labute approximate surface area is 203 Å². The fraction of sp³-hybridized carbons (Fsp3) is 0.423. The maximum absolute atomic E-state index is 13.6. The number of carboxylic acids is 2. The highest BCUT2D eigenvalue weighted by Gasteiger charge is 2.54. The molecule has 1 aliphatic carbocycles. The van der Waals surface area contributed by atoms with E-state index in [1.807, 2.05) is 6.92 Å². The molecule has 3 rings (SSSR count). The number of carbonyl (C=O) groups excluding carboxylic acids is 3. The average molecular weight is 484 g/mol. The van der Waals surface area contributed by atoms with E-state index in [0.29, 0.717) is 17.7 Å². The Bertz CT molecular complexity index is 1140. The number of rotatable bonds is 11. The summed E-state index contributed by atoms with van der Waals surface area (Å²) >= 11 is 0. The van der Waals surface area contributed by atoms with Gasteiger partial charge in [0.15, 0.2) is 11.4 Å². The van der Waals surface area contributed by atoms with Crippen molar-refractivity contribution in [3.63, 3.8) is 0 Å². The normalized spacial score (nSPS) is 22.3. The van der Waals surface area contributed by atoms with Crippen molar-refractivity contribution in [2.75, 3.05) is 0 Å². The predicted octanol–water partition coefficient (Wildman–Crippen LogP) is 3.23. The number of fused-ring (bicyclic) bond motifs is 2. The summed E-state index contributed by atoms with van der Waals surface area (Å²) in [6, 6.07) is -1.23. The number of hydrogen-bond acceptors (Lipinski definition) is 7. The van der Waals surface area contributed by atoms with Gasteiger partial charge in [0.05, 0.1) is 0 Å². The standard InChI is InChI=1S/C26H29NO8/c1-4-6-7-9-20(28)22-18-13-15-12-16(8-5-2)27(19(24(32)33)10-11-21(29)30)14-17(15)23(31)26(18,3)35-25(22)34/h5,8,12-14,19H,4,6-7,9-11H2,1-3H3,(H,29,30)(H,32,33)/b8-5+. The summed E-state index contributed by atoms with van der Waals surface area (Å²) < 4.78 is 5.43. The van der Waals surface area contributed by atoms with E-state index in [4.69, 9.17) is 9.84 Å². The number of esters is 1. The first-order valence-corrected chi connectivity index (χ1v) is 11.6. The molecular weight excluding hydrogens is 454 g/mol. The molecule has 0 aromatic heterocycles. The van der Waals surface area contributed by atoms with Crippen molar-refractivity contribution >= 4 is 29.5 Å². The number of ether oxygens (including phenoxy) is 1. The van der Waals surface area contributed by atoms with Crippen LogP contribution in [0.2, 0.25) is 0 Å². The molecule has 0 bridgehead atoms. The molecule has 0 spiro atoms. The maximum atomic E-state index is 13.6. The van der Waals surface area contributed by atoms with Gasteiger partial charge in [-0.25, -0.2) is 9.59 Å². The summed E-state index contributed by atoms with van der Waals surface area (Å²) in [6.45, 7) is 5.17. The number of aliphatic carboxylic acids is 2. The molecule has 0 amide bonds. The molecule has 2 aliphatic heterocycles. The summed E-state index contributed by atoms with van der Waals surface area (Å²) in [5.74, 6) is -4.16. The van der Waals surface area contributed by atoms with Crippen LogP contribution in [0.15, 0.2) is 58.5 Å². The Morgan fingerprint density at radius 1 is 1.14 bits per heavy atom. The zero-order valence-electron chi connectivity index (χ0n) is 20.0. The molecule has 0 aromatic carbocycles. The smallest absolute Gasteiger partial charge is 0.343 e. The van der Waals surface area contributed by atoms with E-state index >= 15 is 0 Å². The van der Waals surface area contributed by atoms with Crippen LogP contribution in [0.4, 0.5) is 0 Å². The molecule has 2 N–H and O–H groups in total. The molecular formula is C26H29NO8. The summed E-state index contributed by atoms with van der Waals surface area (Å²) in [5.41, 5.74) is -0.620. The zero-order valence-corrected chi connectivity index (χ0v) is 20.0. The second-order valence-corrected chi connectivity index (χ2v) is 8.83. The third kappa shape index (κ3) is 4.89. The van der Waals surface area contributed by atoms with E-state index in [-0.39, 0.29) is 41.8 Å². The molecule has 9 nitrogen and oxygen atoms in total. The number of hydrogen-bond donors (Lipinski definition) is 2. The highest BCUT2D eigenvalue weighted by atomic mass is 16.6. The molecule has 35 heavy (non-hydrogen) atoms. The van der Waals surface area contributed by atoms with Gasteiger partial charge in [-0.3, -0.25) is 14.4 Å². The highest BCUT2D eigenvalue weighted by molar-refractivity contribution is 6.25. The van der Waals surface area contributed by atoms with Crippen molar-refractivity contribution in [3.8, 4) is 0 Å². The second-order valence-electron chi connectivity index (χ2n) is 8.83. The quantitative estimate of drug-likeness (QED) is 0.258. The van der Waals surface area contributed by atoms with Gasteiger partial charge in [0.1, 0.15) is 11.6 Å². The second kappa shape index (κ2) is 10.2. The van der Waals surface area contributed by atoms with Crippen LogP contribution in [0, 0.1) is 0 Å². The molecule has 2 atom stereocenters. The minimum absolute atomic E-state index is 0.114. The molecule has 0 aromatic rings. The first-order chi connectivity index (χ1) is 16.5. The van der Waals surface area contributed by atoms with Gasteiger partial charge in [0, 0.05) is 35.9 Å². The lowest BCUT2D eigenvalue weighted by Gasteiger charge is -2.36. The fourth-order valence-corrected chi connectivity index (χ4v) is 4.48. The lowest BCUT2D eigenvalue weighted by atomic mass is 9.76. The van der Waals surface area contributed by atoms with Crippen molar-refractivity contribution in [2.24, 2.45) is 0 Å². The molecule has 9 heteroatoms.